The van der Waals surface area contributed by atoms with Crippen LogP contribution in [0.5, 0.6) is 0 Å². The summed E-state index contributed by atoms with van der Waals surface area (Å²) in [7, 11) is 0. The van der Waals surface area contributed by atoms with Crippen molar-refractivity contribution in [1.82, 2.24) is 45.7 Å². The summed E-state index contributed by atoms with van der Waals surface area (Å²) in [6.45, 7) is 1.82. The number of aromatic amines is 2. The van der Waals surface area contributed by atoms with Crippen LogP contribution in [-0.4, -0.2) is 46.3 Å². The molecule has 0 aliphatic heterocycles. The molecule has 13 heteroatoms. The van der Waals surface area contributed by atoms with Crippen LogP contribution in [0.15, 0.2) is 79.1 Å². The van der Waals surface area contributed by atoms with Gasteiger partial charge in [0, 0.05) is 27.6 Å². The minimum atomic E-state index is -0.514. The van der Waals surface area contributed by atoms with E-state index in [1.165, 1.54) is 17.1 Å². The Labute approximate surface area is 249 Å². The molecule has 5 N–H and O–H groups in total. The zero-order valence-corrected chi connectivity index (χ0v) is 23.7. The molecule has 0 bridgehead atoms. The topological polar surface area (TPSA) is 156 Å². The normalized spacial score (nSPS) is 12.5. The van der Waals surface area contributed by atoms with Crippen molar-refractivity contribution in [2.75, 3.05) is 5.73 Å². The second-order valence-electron chi connectivity index (χ2n) is 9.65. The number of aromatic nitrogens is 8. The molecule has 0 aliphatic rings. The number of carbonyl (C=O) groups excluding carboxylic acids is 1. The van der Waals surface area contributed by atoms with Gasteiger partial charge in [-0.15, -0.1) is 5.10 Å². The smallest absolute Gasteiger partial charge is 0.244 e. The fourth-order valence-electron chi connectivity index (χ4n) is 4.76. The molecule has 6 aromatic rings. The summed E-state index contributed by atoms with van der Waals surface area (Å²) in [6.07, 6.45) is 3.47. The zero-order valence-electron chi connectivity index (χ0n) is 22.2. The van der Waals surface area contributed by atoms with Gasteiger partial charge in [-0.25, -0.2) is 4.98 Å². The molecule has 42 heavy (non-hydrogen) atoms. The van der Waals surface area contributed by atoms with E-state index in [1.807, 2.05) is 55.5 Å². The van der Waals surface area contributed by atoms with E-state index in [0.717, 1.165) is 22.0 Å². The van der Waals surface area contributed by atoms with Crippen LogP contribution in [-0.2, 0) is 11.2 Å². The van der Waals surface area contributed by atoms with Crippen LogP contribution < -0.4 is 11.1 Å². The van der Waals surface area contributed by atoms with E-state index in [9.17, 15) is 4.79 Å². The molecule has 0 unspecified atom stereocenters. The Kier molecular flexibility index (Phi) is 7.43. The Morgan fingerprint density at radius 1 is 1.12 bits per heavy atom. The molecule has 0 radical (unpaired) electrons. The third-order valence-electron chi connectivity index (χ3n) is 6.80. The largest absolute Gasteiger partial charge is 0.382 e. The maximum atomic E-state index is 13.4. The van der Waals surface area contributed by atoms with Crippen molar-refractivity contribution in [3.63, 3.8) is 0 Å². The van der Waals surface area contributed by atoms with E-state index in [1.54, 1.807) is 18.2 Å². The minimum Gasteiger partial charge on any atom is -0.382 e. The van der Waals surface area contributed by atoms with Crippen molar-refractivity contribution in [3.05, 3.63) is 106 Å². The molecule has 0 aliphatic carbocycles. The van der Waals surface area contributed by atoms with Crippen LogP contribution in [0.25, 0.3) is 33.4 Å². The number of amides is 1. The number of rotatable bonds is 8. The number of tetrazole rings is 1. The number of H-pyrrole nitrogens is 2. The highest BCUT2D eigenvalue weighted by molar-refractivity contribution is 6.32. The molecule has 0 spiro atoms. The van der Waals surface area contributed by atoms with Gasteiger partial charge in [0.15, 0.2) is 5.82 Å². The van der Waals surface area contributed by atoms with Crippen LogP contribution in [0.2, 0.25) is 10.2 Å². The maximum Gasteiger partial charge on any atom is 0.244 e. The number of hydrogen-bond donors (Lipinski definition) is 4. The third kappa shape index (κ3) is 5.60. The second kappa shape index (κ2) is 11.5. The fraction of sp³-hybridized carbons (Fsp3) is 0.103. The highest BCUT2D eigenvalue weighted by Crippen LogP contribution is 2.31. The second-order valence-corrected chi connectivity index (χ2v) is 10.5. The highest BCUT2D eigenvalue weighted by atomic mass is 35.5. The predicted molar refractivity (Wildman–Crippen MR) is 162 cm³/mol. The van der Waals surface area contributed by atoms with Gasteiger partial charge >= 0.3 is 0 Å². The Bertz CT molecular complexity index is 1910. The number of nitrogens with two attached hydrogens (primary N) is 1. The standard InChI is InChI=1S/C29H24Cl2N10O/c1-16(21-14-19(30)8-10-24(21)41-15-33-39-40-41)11-25(42)34-23(12-17-5-3-2-4-6-17)29-35-26(27(31)36-29)18-7-9-20-22(13-18)37-38-28(20)32/h2-11,13-15,23H,12H2,1H3,(H,34,42)(H,35,36)(H3,32,37,38)/t23-/m0/s1. The molecule has 3 aromatic carbocycles. The van der Waals surface area contributed by atoms with E-state index in [-0.39, 0.29) is 5.91 Å². The number of anilines is 1. The van der Waals surface area contributed by atoms with Gasteiger partial charge in [-0.2, -0.15) is 9.78 Å². The van der Waals surface area contributed by atoms with Crippen LogP contribution in [0, 0.1) is 0 Å². The van der Waals surface area contributed by atoms with Crippen LogP contribution in [0.3, 0.4) is 0 Å². The van der Waals surface area contributed by atoms with Gasteiger partial charge < -0.3 is 16.0 Å². The molecule has 0 saturated heterocycles. The predicted octanol–water partition coefficient (Wildman–Crippen LogP) is 5.32. The third-order valence-corrected chi connectivity index (χ3v) is 7.31. The van der Waals surface area contributed by atoms with Gasteiger partial charge in [-0.1, -0.05) is 59.6 Å². The molecule has 0 saturated carbocycles. The van der Waals surface area contributed by atoms with E-state index in [2.05, 4.69) is 36.0 Å². The summed E-state index contributed by atoms with van der Waals surface area (Å²) < 4.78 is 1.51. The summed E-state index contributed by atoms with van der Waals surface area (Å²) in [5, 5.41) is 23.1. The van der Waals surface area contributed by atoms with Gasteiger partial charge in [0.25, 0.3) is 0 Å². The van der Waals surface area contributed by atoms with Crippen LogP contribution in [0.1, 0.15) is 29.9 Å². The Morgan fingerprint density at radius 3 is 2.74 bits per heavy atom. The Morgan fingerprint density at radius 2 is 1.95 bits per heavy atom. The molecule has 0 fully saturated rings. The van der Waals surface area contributed by atoms with Crippen molar-refractivity contribution < 1.29 is 4.79 Å². The van der Waals surface area contributed by atoms with Crippen molar-refractivity contribution in [1.29, 1.82) is 0 Å². The zero-order chi connectivity index (χ0) is 29.2. The van der Waals surface area contributed by atoms with Gasteiger partial charge in [-0.05, 0) is 65.2 Å². The number of imidazole rings is 1. The number of halogens is 2. The molecule has 1 amide bonds. The Balaban J connectivity index is 1.32. The van der Waals surface area contributed by atoms with Gasteiger partial charge in [-0.3, -0.25) is 9.89 Å². The summed E-state index contributed by atoms with van der Waals surface area (Å²) in [4.78, 5) is 21.4. The lowest BCUT2D eigenvalue weighted by atomic mass is 10.0. The van der Waals surface area contributed by atoms with E-state index < -0.39 is 6.04 Å². The molecular formula is C29H24Cl2N10O. The Hall–Kier alpha value is -5.00. The lowest BCUT2D eigenvalue weighted by molar-refractivity contribution is -0.117. The number of benzene rings is 3. The number of hydrogen-bond acceptors (Lipinski definition) is 7. The van der Waals surface area contributed by atoms with E-state index >= 15 is 0 Å². The van der Waals surface area contributed by atoms with Crippen molar-refractivity contribution >= 4 is 51.4 Å². The number of allylic oxidation sites excluding steroid dienone is 1. The average Bonchev–Trinajstić information content (AvgIpc) is 3.74. The van der Waals surface area contributed by atoms with E-state index in [0.29, 0.717) is 50.8 Å². The summed E-state index contributed by atoms with van der Waals surface area (Å²) in [5.74, 6) is 0.612. The first-order valence-corrected chi connectivity index (χ1v) is 13.7. The SMILES string of the molecule is CC(=CC(=O)N[C@@H](Cc1ccccc1)c1nc(-c2ccc3c(N)n[nH]c3c2)c(Cl)[nH]1)c1cc(Cl)ccc1-n1cnnn1. The highest BCUT2D eigenvalue weighted by Gasteiger charge is 2.22. The number of nitrogens with one attached hydrogen (secondary N) is 3. The molecular weight excluding hydrogens is 575 g/mol. The monoisotopic (exact) mass is 598 g/mol. The molecule has 6 rings (SSSR count). The average molecular weight is 599 g/mol. The maximum absolute atomic E-state index is 13.4. The lowest BCUT2D eigenvalue weighted by Crippen LogP contribution is -2.29. The summed E-state index contributed by atoms with van der Waals surface area (Å²) >= 11 is 12.9. The first-order chi connectivity index (χ1) is 20.4. The molecule has 3 heterocycles. The lowest BCUT2D eigenvalue weighted by Gasteiger charge is -2.17. The first-order valence-electron chi connectivity index (χ1n) is 12.9. The fourth-order valence-corrected chi connectivity index (χ4v) is 5.18. The van der Waals surface area contributed by atoms with Crippen molar-refractivity contribution in [2.24, 2.45) is 0 Å². The first kappa shape index (κ1) is 27.2. The minimum absolute atomic E-state index is 0.320. The number of fused-ring (bicyclic) bond motifs is 1. The molecule has 11 nitrogen and oxygen atoms in total. The molecule has 1 atom stereocenters. The van der Waals surface area contributed by atoms with Crippen LogP contribution in [0.4, 0.5) is 5.82 Å². The summed E-state index contributed by atoms with van der Waals surface area (Å²) in [6, 6.07) is 20.2. The quantitative estimate of drug-likeness (QED) is 0.173. The van der Waals surface area contributed by atoms with Gasteiger partial charge in [0.1, 0.15) is 23.0 Å². The molecule has 3 aromatic heterocycles. The number of nitrogens with zero attached hydrogens (tertiary/aromatic N) is 6. The number of nitrogen functional groups attached to an aromatic ring is 1. The number of carbonyl (C=O) groups is 1. The summed E-state index contributed by atoms with van der Waals surface area (Å²) in [5.41, 5.74) is 11.1. The van der Waals surface area contributed by atoms with Gasteiger partial charge in [0.05, 0.1) is 17.2 Å². The van der Waals surface area contributed by atoms with Gasteiger partial charge in [0.2, 0.25) is 5.91 Å². The molecule has 210 valence electrons. The van der Waals surface area contributed by atoms with Crippen molar-refractivity contribution in [3.8, 4) is 16.9 Å². The van der Waals surface area contributed by atoms with E-state index in [4.69, 9.17) is 33.9 Å². The van der Waals surface area contributed by atoms with Crippen molar-refractivity contribution in [2.45, 2.75) is 19.4 Å². The van der Waals surface area contributed by atoms with Crippen LogP contribution >= 0.6 is 23.2 Å².